The van der Waals surface area contributed by atoms with Crippen molar-refractivity contribution < 1.29 is 4.42 Å². The van der Waals surface area contributed by atoms with Crippen molar-refractivity contribution in [2.24, 2.45) is 0 Å². The molecule has 4 nitrogen and oxygen atoms in total. The molecule has 1 saturated heterocycles. The molecule has 0 saturated carbocycles. The van der Waals surface area contributed by atoms with Crippen LogP contribution in [0.15, 0.2) is 16.7 Å². The van der Waals surface area contributed by atoms with E-state index in [0.29, 0.717) is 0 Å². The fourth-order valence-corrected chi connectivity index (χ4v) is 2.63. The third-order valence-electron chi connectivity index (χ3n) is 3.95. The molecule has 1 N–H and O–H groups in total. The first-order valence-electron chi connectivity index (χ1n) is 8.14. The first kappa shape index (κ1) is 16.5. The average Bonchev–Trinajstić information content (AvgIpc) is 3.04. The van der Waals surface area contributed by atoms with Gasteiger partial charge in [-0.3, -0.25) is 4.90 Å². The molecule has 0 aromatic carbocycles. The monoisotopic (exact) mass is 293 g/mol. The normalized spacial score (nSPS) is 17.0. The van der Waals surface area contributed by atoms with Gasteiger partial charge in [0.05, 0.1) is 12.8 Å². The van der Waals surface area contributed by atoms with Crippen LogP contribution in [0.5, 0.6) is 0 Å². The Hall–Kier alpha value is -0.840. The van der Waals surface area contributed by atoms with Crippen LogP contribution in [-0.4, -0.2) is 48.6 Å². The summed E-state index contributed by atoms with van der Waals surface area (Å²) in [5.41, 5.74) is 1.37. The number of nitrogens with zero attached hydrogens (tertiary/aromatic N) is 2. The van der Waals surface area contributed by atoms with Crippen molar-refractivity contribution in [3.05, 3.63) is 23.7 Å². The summed E-state index contributed by atoms with van der Waals surface area (Å²) in [7, 11) is 2.17. The van der Waals surface area contributed by atoms with E-state index in [9.17, 15) is 0 Å². The smallest absolute Gasteiger partial charge is 0.118 e. The number of likely N-dealkylation sites (N-methyl/N-ethyl adjacent to an activating group) is 1. The molecule has 1 fully saturated rings. The Labute approximate surface area is 129 Å². The second-order valence-corrected chi connectivity index (χ2v) is 7.31. The van der Waals surface area contributed by atoms with E-state index >= 15 is 0 Å². The van der Waals surface area contributed by atoms with Gasteiger partial charge in [0, 0.05) is 30.7 Å². The minimum atomic E-state index is 0.143. The molecule has 0 unspecified atom stereocenters. The van der Waals surface area contributed by atoms with Crippen LogP contribution in [0.4, 0.5) is 0 Å². The lowest BCUT2D eigenvalue weighted by atomic mass is 10.1. The Morgan fingerprint density at radius 2 is 2.00 bits per heavy atom. The van der Waals surface area contributed by atoms with Crippen molar-refractivity contribution in [2.75, 3.05) is 33.2 Å². The maximum atomic E-state index is 5.68. The predicted octanol–water partition coefficient (Wildman–Crippen LogP) is 2.70. The first-order valence-corrected chi connectivity index (χ1v) is 8.14. The highest BCUT2D eigenvalue weighted by atomic mass is 16.3. The van der Waals surface area contributed by atoms with Crippen molar-refractivity contribution in [2.45, 2.75) is 52.2 Å². The van der Waals surface area contributed by atoms with Gasteiger partial charge >= 0.3 is 0 Å². The molecule has 120 valence electrons. The highest BCUT2D eigenvalue weighted by molar-refractivity contribution is 5.13. The van der Waals surface area contributed by atoms with Crippen LogP contribution in [0.2, 0.25) is 0 Å². The summed E-state index contributed by atoms with van der Waals surface area (Å²) in [6.07, 6.45) is 4.61. The van der Waals surface area contributed by atoms with Gasteiger partial charge in [0.2, 0.25) is 0 Å². The summed E-state index contributed by atoms with van der Waals surface area (Å²) >= 11 is 0. The second-order valence-electron chi connectivity index (χ2n) is 7.31. The summed E-state index contributed by atoms with van der Waals surface area (Å²) in [6.45, 7) is 13.1. The lowest BCUT2D eigenvalue weighted by Gasteiger charge is -2.20. The molecule has 1 aromatic rings. The van der Waals surface area contributed by atoms with Gasteiger partial charge in [-0.05, 0) is 59.8 Å². The maximum absolute atomic E-state index is 5.68. The van der Waals surface area contributed by atoms with E-state index in [2.05, 4.69) is 49.0 Å². The Bertz CT molecular complexity index is 416. The number of likely N-dealkylation sites (tertiary alicyclic amines) is 1. The molecule has 4 heteroatoms. The summed E-state index contributed by atoms with van der Waals surface area (Å²) in [5.74, 6) is 1.06. The number of hydrogen-bond acceptors (Lipinski definition) is 4. The van der Waals surface area contributed by atoms with Gasteiger partial charge in [0.25, 0.3) is 0 Å². The van der Waals surface area contributed by atoms with E-state index in [4.69, 9.17) is 4.42 Å². The summed E-state index contributed by atoms with van der Waals surface area (Å²) in [5, 5.41) is 3.49. The lowest BCUT2D eigenvalue weighted by molar-refractivity contribution is 0.239. The molecule has 21 heavy (non-hydrogen) atoms. The van der Waals surface area contributed by atoms with Crippen LogP contribution >= 0.6 is 0 Å². The van der Waals surface area contributed by atoms with Gasteiger partial charge in [-0.1, -0.05) is 0 Å². The number of furan rings is 1. The second kappa shape index (κ2) is 7.43. The van der Waals surface area contributed by atoms with Crippen molar-refractivity contribution in [3.8, 4) is 0 Å². The van der Waals surface area contributed by atoms with E-state index < -0.39 is 0 Å². The summed E-state index contributed by atoms with van der Waals surface area (Å²) in [6, 6.07) is 2.17. The van der Waals surface area contributed by atoms with E-state index in [1.165, 1.54) is 38.0 Å². The minimum absolute atomic E-state index is 0.143. The fraction of sp³-hybridized carbons (Fsp3) is 0.765. The topological polar surface area (TPSA) is 31.6 Å². The molecule has 0 amide bonds. The molecule has 0 radical (unpaired) electrons. The van der Waals surface area contributed by atoms with Gasteiger partial charge in [-0.2, -0.15) is 0 Å². The molecule has 2 heterocycles. The van der Waals surface area contributed by atoms with Crippen LogP contribution in [0.25, 0.3) is 0 Å². The zero-order valence-electron chi connectivity index (χ0n) is 14.1. The Kier molecular flexibility index (Phi) is 5.85. The molecular formula is C17H31N3O. The third kappa shape index (κ3) is 6.20. The zero-order valence-corrected chi connectivity index (χ0v) is 14.1. The molecule has 0 aliphatic carbocycles. The van der Waals surface area contributed by atoms with Crippen molar-refractivity contribution in [3.63, 3.8) is 0 Å². The van der Waals surface area contributed by atoms with Crippen LogP contribution in [0.3, 0.4) is 0 Å². The number of hydrogen-bond donors (Lipinski definition) is 1. The first-order chi connectivity index (χ1) is 9.92. The number of nitrogens with one attached hydrogen (secondary N) is 1. The van der Waals surface area contributed by atoms with Crippen LogP contribution in [-0.2, 0) is 13.1 Å². The van der Waals surface area contributed by atoms with Crippen molar-refractivity contribution in [1.82, 2.24) is 15.1 Å². The zero-order chi connectivity index (χ0) is 15.3. The highest BCUT2D eigenvalue weighted by Gasteiger charge is 2.13. The summed E-state index contributed by atoms with van der Waals surface area (Å²) < 4.78 is 5.68. The lowest BCUT2D eigenvalue weighted by Crippen LogP contribution is -2.34. The maximum Gasteiger partial charge on any atom is 0.118 e. The largest absolute Gasteiger partial charge is 0.468 e. The SMILES string of the molecule is CN(CCN1CCCC1)Cc1cc(CNC(C)(C)C)co1. The molecule has 0 spiro atoms. The Morgan fingerprint density at radius 3 is 2.67 bits per heavy atom. The van der Waals surface area contributed by atoms with Crippen LogP contribution in [0, 0.1) is 0 Å². The molecule has 1 aliphatic heterocycles. The fourth-order valence-electron chi connectivity index (χ4n) is 2.63. The quantitative estimate of drug-likeness (QED) is 0.837. The highest BCUT2D eigenvalue weighted by Crippen LogP contribution is 2.12. The van der Waals surface area contributed by atoms with E-state index in [1.54, 1.807) is 0 Å². The minimum Gasteiger partial charge on any atom is -0.468 e. The Morgan fingerprint density at radius 1 is 1.29 bits per heavy atom. The van der Waals surface area contributed by atoms with Gasteiger partial charge in [-0.15, -0.1) is 0 Å². The molecule has 1 aliphatic rings. The standard InChI is InChI=1S/C17H31N3O/c1-17(2,3)18-12-15-11-16(21-14-15)13-19(4)9-10-20-7-5-6-8-20/h11,14,18H,5-10,12-13H2,1-4H3. The van der Waals surface area contributed by atoms with Gasteiger partial charge in [0.1, 0.15) is 5.76 Å². The van der Waals surface area contributed by atoms with Gasteiger partial charge in [0.15, 0.2) is 0 Å². The van der Waals surface area contributed by atoms with Crippen LogP contribution in [0.1, 0.15) is 44.9 Å². The Balaban J connectivity index is 1.70. The van der Waals surface area contributed by atoms with Crippen LogP contribution < -0.4 is 5.32 Å². The van der Waals surface area contributed by atoms with Crippen molar-refractivity contribution >= 4 is 0 Å². The molecule has 1 aromatic heterocycles. The summed E-state index contributed by atoms with van der Waals surface area (Å²) in [4.78, 5) is 4.90. The van der Waals surface area contributed by atoms with E-state index in [-0.39, 0.29) is 5.54 Å². The van der Waals surface area contributed by atoms with E-state index in [1.807, 2.05) is 6.26 Å². The van der Waals surface area contributed by atoms with Gasteiger partial charge < -0.3 is 14.6 Å². The molecule has 2 rings (SSSR count). The van der Waals surface area contributed by atoms with Crippen molar-refractivity contribution in [1.29, 1.82) is 0 Å². The van der Waals surface area contributed by atoms with E-state index in [0.717, 1.165) is 25.4 Å². The van der Waals surface area contributed by atoms with Gasteiger partial charge in [-0.25, -0.2) is 0 Å². The molecule has 0 bridgehead atoms. The number of rotatable bonds is 7. The third-order valence-corrected chi connectivity index (χ3v) is 3.95. The predicted molar refractivity (Wildman–Crippen MR) is 87.3 cm³/mol. The molecule has 0 atom stereocenters. The molecular weight excluding hydrogens is 262 g/mol. The average molecular weight is 293 g/mol.